The quantitative estimate of drug-likeness (QED) is 0.238. The first-order valence-corrected chi connectivity index (χ1v) is 17.8. The number of hydrogen-bond donors (Lipinski definition) is 3. The molecule has 1 saturated heterocycles. The van der Waals surface area contributed by atoms with E-state index in [1.165, 1.54) is 48.9 Å². The molecule has 3 heteroatoms. The molecule has 0 aromatic rings. The van der Waals surface area contributed by atoms with Crippen LogP contribution in [-0.4, -0.2) is 25.7 Å². The lowest BCUT2D eigenvalue weighted by Crippen LogP contribution is -2.45. The van der Waals surface area contributed by atoms with Crippen LogP contribution in [-0.2, 0) is 0 Å². The van der Waals surface area contributed by atoms with Gasteiger partial charge >= 0.3 is 0 Å². The third-order valence-electron chi connectivity index (χ3n) is 11.9. The van der Waals surface area contributed by atoms with Gasteiger partial charge in [0.15, 0.2) is 0 Å². The average Bonchev–Trinajstić information content (AvgIpc) is 3.63. The largest absolute Gasteiger partial charge is 0.384 e. The van der Waals surface area contributed by atoms with Gasteiger partial charge in [0.25, 0.3) is 0 Å². The lowest BCUT2D eigenvalue weighted by molar-refractivity contribution is 0.0661. The normalized spacial score (nSPS) is 36.6. The van der Waals surface area contributed by atoms with Crippen molar-refractivity contribution in [1.82, 2.24) is 16.0 Å². The number of fused-ring (bicyclic) bond motifs is 2. The summed E-state index contributed by atoms with van der Waals surface area (Å²) in [6, 6.07) is 0.499. The maximum absolute atomic E-state index is 3.87. The summed E-state index contributed by atoms with van der Waals surface area (Å²) in [6.45, 7) is 5.74. The first-order chi connectivity index (χ1) is 21.8. The van der Waals surface area contributed by atoms with Crippen molar-refractivity contribution >= 4 is 0 Å². The number of allylic oxidation sites excluding steroid dienone is 15. The number of hydrogen-bond acceptors (Lipinski definition) is 3. The van der Waals surface area contributed by atoms with Crippen LogP contribution >= 0.6 is 0 Å². The van der Waals surface area contributed by atoms with Crippen molar-refractivity contribution in [1.29, 1.82) is 0 Å². The minimum atomic E-state index is 0.440. The van der Waals surface area contributed by atoms with E-state index >= 15 is 0 Å². The molecule has 2 aliphatic heterocycles. The van der Waals surface area contributed by atoms with Crippen molar-refractivity contribution in [2.24, 2.45) is 47.3 Å². The molecule has 0 spiro atoms. The summed E-state index contributed by atoms with van der Waals surface area (Å²) >= 11 is 0. The van der Waals surface area contributed by atoms with E-state index in [0.717, 1.165) is 56.7 Å². The van der Waals surface area contributed by atoms with Crippen LogP contribution in [0.2, 0.25) is 0 Å². The Balaban J connectivity index is 1.12. The molecular formula is C41H53N3. The molecule has 0 radical (unpaired) electrons. The van der Waals surface area contributed by atoms with Crippen molar-refractivity contribution < 1.29 is 0 Å². The standard InChI is InChI=1S/C41H53N3/c1-29(33-20-23-40(41-17-9-10-25-43-41)39-16-8-5-13-36(33)39)18-19-30(28-44-32-11-3-2-4-12-32)34-21-22-35(31-24-26-42-27-31)38-15-7-6-14-37(34)38/h2-3,5-7,9-11,13-15,17,19,21-22,25,29,31,33,36-44H,4,8,12,16,18,20,23-24,26-28H2,1H3/b30-19+. The molecule has 7 aliphatic rings. The average molecular weight is 588 g/mol. The highest BCUT2D eigenvalue weighted by Gasteiger charge is 2.43. The maximum Gasteiger partial charge on any atom is 0.0473 e. The molecule has 2 heterocycles. The van der Waals surface area contributed by atoms with Crippen LogP contribution < -0.4 is 16.0 Å². The minimum Gasteiger partial charge on any atom is -0.384 e. The van der Waals surface area contributed by atoms with Crippen LogP contribution in [0.1, 0.15) is 58.3 Å². The van der Waals surface area contributed by atoms with E-state index in [-0.39, 0.29) is 0 Å². The Morgan fingerprint density at radius 3 is 2.61 bits per heavy atom. The summed E-state index contributed by atoms with van der Waals surface area (Å²) in [4.78, 5) is 0. The Morgan fingerprint density at radius 1 is 0.886 bits per heavy atom. The molecule has 7 rings (SSSR count). The van der Waals surface area contributed by atoms with Gasteiger partial charge in [-0.3, -0.25) is 0 Å². The Hall–Kier alpha value is -3.04. The summed E-state index contributed by atoms with van der Waals surface area (Å²) in [5, 5.41) is 11.2. The molecule has 232 valence electrons. The molecule has 0 aromatic heterocycles. The summed E-state index contributed by atoms with van der Waals surface area (Å²) < 4.78 is 0. The highest BCUT2D eigenvalue weighted by molar-refractivity contribution is 5.48. The first-order valence-electron chi connectivity index (χ1n) is 17.8. The Bertz CT molecular complexity index is 1340. The smallest absolute Gasteiger partial charge is 0.0473 e. The number of nitrogens with one attached hydrogen (secondary N) is 3. The second-order valence-electron chi connectivity index (χ2n) is 14.3. The molecule has 44 heavy (non-hydrogen) atoms. The number of rotatable bonds is 9. The Kier molecular flexibility index (Phi) is 9.40. The van der Waals surface area contributed by atoms with Gasteiger partial charge in [-0.25, -0.2) is 0 Å². The SMILES string of the molecule is CC(C/C=C(\CNC1=CC=CCC1)C1=CC=C(C2CCNC2)C2C=CC=CC12)C1CCC(C2C=CC=CN2)C2CCC=CC12. The van der Waals surface area contributed by atoms with Gasteiger partial charge in [-0.1, -0.05) is 91.5 Å². The van der Waals surface area contributed by atoms with E-state index in [2.05, 4.69) is 120 Å². The van der Waals surface area contributed by atoms with E-state index in [4.69, 9.17) is 0 Å². The van der Waals surface area contributed by atoms with Crippen molar-refractivity contribution in [3.8, 4) is 0 Å². The van der Waals surface area contributed by atoms with Crippen LogP contribution in [0.4, 0.5) is 0 Å². The summed E-state index contributed by atoms with van der Waals surface area (Å²) in [5.41, 5.74) is 6.05. The van der Waals surface area contributed by atoms with E-state index in [0.29, 0.717) is 35.6 Å². The predicted molar refractivity (Wildman–Crippen MR) is 185 cm³/mol. The van der Waals surface area contributed by atoms with Gasteiger partial charge in [-0.2, -0.15) is 0 Å². The Morgan fingerprint density at radius 2 is 1.80 bits per heavy atom. The van der Waals surface area contributed by atoms with E-state index in [1.807, 2.05) is 0 Å². The van der Waals surface area contributed by atoms with Gasteiger partial charge in [0.2, 0.25) is 0 Å². The lowest BCUT2D eigenvalue weighted by atomic mass is 9.58. The van der Waals surface area contributed by atoms with Crippen LogP contribution in [0.3, 0.4) is 0 Å². The van der Waals surface area contributed by atoms with Crippen LogP contribution in [0, 0.1) is 47.3 Å². The first kappa shape index (κ1) is 29.7. The van der Waals surface area contributed by atoms with Crippen molar-refractivity contribution in [3.05, 3.63) is 120 Å². The third-order valence-corrected chi connectivity index (χ3v) is 11.9. The van der Waals surface area contributed by atoms with Crippen LogP contribution in [0.15, 0.2) is 120 Å². The molecule has 9 atom stereocenters. The lowest BCUT2D eigenvalue weighted by Gasteiger charge is -2.48. The van der Waals surface area contributed by atoms with Gasteiger partial charge in [0, 0.05) is 36.7 Å². The maximum atomic E-state index is 3.87. The van der Waals surface area contributed by atoms with Crippen molar-refractivity contribution in [2.75, 3.05) is 19.6 Å². The fraction of sp³-hybridized carbons (Fsp3) is 0.512. The molecular weight excluding hydrogens is 534 g/mol. The van der Waals surface area contributed by atoms with Crippen LogP contribution in [0.5, 0.6) is 0 Å². The molecule has 1 saturated carbocycles. The molecule has 2 fully saturated rings. The second kappa shape index (κ2) is 13.9. The van der Waals surface area contributed by atoms with E-state index in [9.17, 15) is 0 Å². The van der Waals surface area contributed by atoms with E-state index in [1.54, 1.807) is 5.57 Å². The summed E-state index contributed by atoms with van der Waals surface area (Å²) in [7, 11) is 0. The number of dihydropyridines is 1. The predicted octanol–water partition coefficient (Wildman–Crippen LogP) is 8.25. The van der Waals surface area contributed by atoms with Crippen LogP contribution in [0.25, 0.3) is 0 Å². The molecule has 0 bridgehead atoms. The topological polar surface area (TPSA) is 36.1 Å². The summed E-state index contributed by atoms with van der Waals surface area (Å²) in [5.74, 6) is 5.28. The Labute approximate surface area is 266 Å². The van der Waals surface area contributed by atoms with Gasteiger partial charge in [0.05, 0.1) is 0 Å². The highest BCUT2D eigenvalue weighted by atomic mass is 14.9. The minimum absolute atomic E-state index is 0.440. The van der Waals surface area contributed by atoms with Gasteiger partial charge < -0.3 is 16.0 Å². The third kappa shape index (κ3) is 6.36. The van der Waals surface area contributed by atoms with E-state index < -0.39 is 0 Å². The van der Waals surface area contributed by atoms with Gasteiger partial charge in [0.1, 0.15) is 0 Å². The summed E-state index contributed by atoms with van der Waals surface area (Å²) in [6.07, 6.45) is 47.9. The second-order valence-corrected chi connectivity index (χ2v) is 14.3. The zero-order chi connectivity index (χ0) is 29.7. The molecule has 5 aliphatic carbocycles. The van der Waals surface area contributed by atoms with Crippen molar-refractivity contribution in [2.45, 2.75) is 64.3 Å². The molecule has 0 aromatic carbocycles. The highest BCUT2D eigenvalue weighted by Crippen LogP contribution is 2.49. The zero-order valence-electron chi connectivity index (χ0n) is 26.7. The fourth-order valence-electron chi connectivity index (χ4n) is 9.52. The van der Waals surface area contributed by atoms with Gasteiger partial charge in [-0.15, -0.1) is 0 Å². The molecule has 3 N–H and O–H groups in total. The van der Waals surface area contributed by atoms with Crippen molar-refractivity contribution in [3.63, 3.8) is 0 Å². The zero-order valence-corrected chi connectivity index (χ0v) is 26.7. The molecule has 0 amide bonds. The fourth-order valence-corrected chi connectivity index (χ4v) is 9.52. The van der Waals surface area contributed by atoms with Gasteiger partial charge in [-0.05, 0) is 123 Å². The molecule has 3 nitrogen and oxygen atoms in total. The monoisotopic (exact) mass is 587 g/mol. The molecule has 9 unspecified atom stereocenters.